The van der Waals surface area contributed by atoms with Gasteiger partial charge in [0.05, 0.1) is 11.8 Å². The maximum absolute atomic E-state index is 14.8. The van der Waals surface area contributed by atoms with Crippen LogP contribution in [0.4, 0.5) is 30.7 Å². The van der Waals surface area contributed by atoms with Crippen molar-refractivity contribution in [2.24, 2.45) is 29.6 Å². The average molecular weight is 663 g/mol. The second kappa shape index (κ2) is 16.7. The van der Waals surface area contributed by atoms with Crippen LogP contribution in [0.1, 0.15) is 128 Å². The van der Waals surface area contributed by atoms with Crippen molar-refractivity contribution in [3.63, 3.8) is 0 Å². The molecule has 0 bridgehead atoms. The van der Waals surface area contributed by atoms with Crippen molar-refractivity contribution < 1.29 is 45.0 Å². The molecule has 260 valence electrons. The Morgan fingerprint density at radius 2 is 1.30 bits per heavy atom. The topological polar surface area (TPSA) is 35.5 Å². The summed E-state index contributed by atoms with van der Waals surface area (Å²) >= 11 is 0. The molecular weight excluding hydrogens is 613 g/mol. The normalized spacial score (nSPS) is 27.9. The minimum atomic E-state index is -5.29. The van der Waals surface area contributed by atoms with Gasteiger partial charge in [0.15, 0.2) is 0 Å². The number of hydrogen-bond donors (Lipinski definition) is 0. The van der Waals surface area contributed by atoms with Gasteiger partial charge < -0.3 is 9.47 Å². The summed E-state index contributed by atoms with van der Waals surface area (Å²) in [6, 6.07) is 0.289. The largest absolute Gasteiger partial charge is 0.462 e. The zero-order valence-electron chi connectivity index (χ0n) is 26.9. The molecule has 0 N–H and O–H groups in total. The third-order valence-corrected chi connectivity index (χ3v) is 10.4. The summed E-state index contributed by atoms with van der Waals surface area (Å²) in [5, 5.41) is 0. The molecule has 0 heterocycles. The molecule has 3 nitrogen and oxygen atoms in total. The maximum Gasteiger partial charge on any atom is 0.422 e. The molecule has 0 atom stereocenters. The molecule has 46 heavy (non-hydrogen) atoms. The van der Waals surface area contributed by atoms with Crippen LogP contribution in [-0.2, 0) is 15.7 Å². The van der Waals surface area contributed by atoms with Crippen molar-refractivity contribution in [3.05, 3.63) is 41.5 Å². The molecule has 1 aromatic rings. The molecule has 0 unspecified atom stereocenters. The van der Waals surface area contributed by atoms with Crippen LogP contribution in [-0.4, -0.2) is 18.2 Å². The number of rotatable bonds is 13. The van der Waals surface area contributed by atoms with Crippen LogP contribution in [0.3, 0.4) is 0 Å². The number of carbonyl (C=O) groups excluding carboxylic acids is 1. The first-order chi connectivity index (χ1) is 21.9. The molecule has 3 fully saturated rings. The fourth-order valence-corrected chi connectivity index (χ4v) is 7.46. The number of benzene rings is 1. The van der Waals surface area contributed by atoms with Crippen LogP contribution >= 0.6 is 0 Å². The summed E-state index contributed by atoms with van der Waals surface area (Å²) in [7, 11) is 0. The van der Waals surface area contributed by atoms with E-state index in [1.807, 2.05) is 0 Å². The number of ether oxygens (including phenoxy) is 2. The molecule has 0 amide bonds. The van der Waals surface area contributed by atoms with Crippen LogP contribution < -0.4 is 4.74 Å². The van der Waals surface area contributed by atoms with Crippen molar-refractivity contribution in [2.75, 3.05) is 0 Å². The van der Waals surface area contributed by atoms with E-state index in [-0.39, 0.29) is 48.9 Å². The fourth-order valence-electron chi connectivity index (χ4n) is 7.46. The first-order valence-electron chi connectivity index (χ1n) is 17.4. The zero-order chi connectivity index (χ0) is 33.3. The highest BCUT2D eigenvalue weighted by Crippen LogP contribution is 2.42. The first kappa shape index (κ1) is 36.6. The summed E-state index contributed by atoms with van der Waals surface area (Å²) < 4.78 is 106. The molecule has 3 aliphatic carbocycles. The zero-order valence-corrected chi connectivity index (χ0v) is 26.9. The predicted octanol–water partition coefficient (Wildman–Crippen LogP) is 11.6. The molecule has 3 saturated carbocycles. The average Bonchev–Trinajstić information content (AvgIpc) is 3.00. The highest BCUT2D eigenvalue weighted by atomic mass is 19.4. The highest BCUT2D eigenvalue weighted by Gasteiger charge is 2.45. The highest BCUT2D eigenvalue weighted by molar-refractivity contribution is 5.72. The summed E-state index contributed by atoms with van der Waals surface area (Å²) in [5.41, 5.74) is -2.14. The number of halogens is 7. The Morgan fingerprint density at radius 1 is 0.761 bits per heavy atom. The van der Waals surface area contributed by atoms with E-state index >= 15 is 0 Å². The van der Waals surface area contributed by atoms with E-state index in [2.05, 4.69) is 23.8 Å². The summed E-state index contributed by atoms with van der Waals surface area (Å²) in [4.78, 5) is 12.8. The monoisotopic (exact) mass is 662 g/mol. The van der Waals surface area contributed by atoms with Crippen molar-refractivity contribution in [3.8, 4) is 5.75 Å². The van der Waals surface area contributed by atoms with E-state index in [0.29, 0.717) is 18.8 Å². The van der Waals surface area contributed by atoms with E-state index in [1.165, 1.54) is 38.5 Å². The SMILES string of the molecule is CCCCCCCC1CCC(C(=O)OC2CCC(/C=C/C3CCC(C(F)(F)Oc4cc(F)c(C(F)(F)F)c(F)c4)CC3)CC2)CC1. The Bertz CT molecular complexity index is 1100. The lowest BCUT2D eigenvalue weighted by atomic mass is 9.79. The van der Waals surface area contributed by atoms with Gasteiger partial charge in [0.2, 0.25) is 0 Å². The molecule has 3 aliphatic rings. The molecule has 0 radical (unpaired) electrons. The van der Waals surface area contributed by atoms with Crippen LogP contribution in [0.25, 0.3) is 0 Å². The number of carbonyl (C=O) groups is 1. The van der Waals surface area contributed by atoms with Crippen molar-refractivity contribution >= 4 is 5.97 Å². The fraction of sp³-hybridized carbons (Fsp3) is 0.750. The maximum atomic E-state index is 14.8. The second-order valence-electron chi connectivity index (χ2n) is 13.8. The standard InChI is InChI=1S/C36H49F7O3/c1-2-3-4-5-6-7-24-10-16-27(17-11-24)34(44)45-29-20-14-26(15-21-29)9-8-25-12-18-28(19-13-25)36(42,43)46-30-22-31(37)33(32(38)23-30)35(39,40)41/h8-9,22-29H,2-7,10-21H2,1H3/b9-8+. The van der Waals surface area contributed by atoms with Gasteiger partial charge in [-0.05, 0) is 94.8 Å². The Hall–Kier alpha value is -2.26. The summed E-state index contributed by atoms with van der Waals surface area (Å²) in [6.45, 7) is 2.23. The van der Waals surface area contributed by atoms with Gasteiger partial charge in [0.1, 0.15) is 29.1 Å². The van der Waals surface area contributed by atoms with E-state index in [4.69, 9.17) is 4.74 Å². The van der Waals surface area contributed by atoms with Crippen molar-refractivity contribution in [1.29, 1.82) is 0 Å². The quantitative estimate of drug-likeness (QED) is 0.0913. The number of alkyl halides is 5. The molecule has 1 aromatic carbocycles. The number of allylic oxidation sites excluding steroid dienone is 2. The predicted molar refractivity (Wildman–Crippen MR) is 162 cm³/mol. The van der Waals surface area contributed by atoms with Crippen LogP contribution in [0, 0.1) is 41.2 Å². The third kappa shape index (κ3) is 10.6. The lowest BCUT2D eigenvalue weighted by Crippen LogP contribution is -2.37. The molecule has 0 aliphatic heterocycles. The van der Waals surface area contributed by atoms with Gasteiger partial charge in [-0.15, -0.1) is 0 Å². The Balaban J connectivity index is 1.13. The van der Waals surface area contributed by atoms with Gasteiger partial charge in [-0.2, -0.15) is 22.0 Å². The second-order valence-corrected chi connectivity index (χ2v) is 13.8. The molecule has 0 saturated heterocycles. The van der Waals surface area contributed by atoms with Crippen molar-refractivity contribution in [1.82, 2.24) is 0 Å². The van der Waals surface area contributed by atoms with Crippen LogP contribution in [0.2, 0.25) is 0 Å². The van der Waals surface area contributed by atoms with Crippen molar-refractivity contribution in [2.45, 2.75) is 141 Å². The first-order valence-corrected chi connectivity index (χ1v) is 17.4. The molecule has 0 aromatic heterocycles. The van der Waals surface area contributed by atoms with Gasteiger partial charge >= 0.3 is 18.3 Å². The van der Waals surface area contributed by atoms with E-state index < -0.39 is 41.2 Å². The number of hydrogen-bond acceptors (Lipinski definition) is 3. The Morgan fingerprint density at radius 3 is 1.85 bits per heavy atom. The van der Waals surface area contributed by atoms with Gasteiger partial charge in [0, 0.05) is 12.1 Å². The van der Waals surface area contributed by atoms with Crippen LogP contribution in [0.15, 0.2) is 24.3 Å². The van der Waals surface area contributed by atoms with E-state index in [9.17, 15) is 35.5 Å². The third-order valence-electron chi connectivity index (χ3n) is 10.4. The molecule has 4 rings (SSSR count). The van der Waals surface area contributed by atoms with Crippen LogP contribution in [0.5, 0.6) is 5.75 Å². The van der Waals surface area contributed by atoms with Gasteiger partial charge in [-0.1, -0.05) is 57.6 Å². The van der Waals surface area contributed by atoms with Gasteiger partial charge in [-0.3, -0.25) is 4.79 Å². The Labute approximate surface area is 268 Å². The molecule has 10 heteroatoms. The number of unbranched alkanes of at least 4 members (excludes halogenated alkanes) is 4. The smallest absolute Gasteiger partial charge is 0.422 e. The Kier molecular flexibility index (Phi) is 13.3. The summed E-state index contributed by atoms with van der Waals surface area (Å²) in [5.74, 6) is -5.01. The lowest BCUT2D eigenvalue weighted by Gasteiger charge is -2.33. The molecule has 0 spiro atoms. The number of esters is 1. The van der Waals surface area contributed by atoms with Gasteiger partial charge in [-0.25, -0.2) is 8.78 Å². The minimum absolute atomic E-state index is 0.0270. The minimum Gasteiger partial charge on any atom is -0.462 e. The summed E-state index contributed by atoms with van der Waals surface area (Å²) in [6.07, 6.45) is 11.6. The van der Waals surface area contributed by atoms with E-state index in [0.717, 1.165) is 57.3 Å². The molecular formula is C36H49F7O3. The van der Waals surface area contributed by atoms with E-state index in [1.54, 1.807) is 0 Å². The van der Waals surface area contributed by atoms with Gasteiger partial charge in [0.25, 0.3) is 0 Å². The lowest BCUT2D eigenvalue weighted by molar-refractivity contribution is -0.223.